The summed E-state index contributed by atoms with van der Waals surface area (Å²) in [7, 11) is 1.54. The Bertz CT molecular complexity index is 711. The van der Waals surface area contributed by atoms with E-state index in [1.54, 1.807) is 31.2 Å². The largest absolute Gasteiger partial charge is 0.507 e. The van der Waals surface area contributed by atoms with E-state index in [0.717, 1.165) is 0 Å². The summed E-state index contributed by atoms with van der Waals surface area (Å²) in [6.07, 6.45) is 0. The first kappa shape index (κ1) is 15.3. The second-order valence-electron chi connectivity index (χ2n) is 4.50. The van der Waals surface area contributed by atoms with Crippen molar-refractivity contribution in [3.05, 3.63) is 58.1 Å². The van der Waals surface area contributed by atoms with E-state index < -0.39 is 4.92 Å². The maximum absolute atomic E-state index is 10.6. The van der Waals surface area contributed by atoms with Crippen molar-refractivity contribution in [3.8, 4) is 11.5 Å². The minimum Gasteiger partial charge on any atom is -0.507 e. The lowest BCUT2D eigenvalue weighted by atomic mass is 10.1. The van der Waals surface area contributed by atoms with Crippen LogP contribution in [0, 0.1) is 10.1 Å². The van der Waals surface area contributed by atoms with Crippen LogP contribution in [0.25, 0.3) is 0 Å². The van der Waals surface area contributed by atoms with Gasteiger partial charge in [0.05, 0.1) is 23.4 Å². The molecule has 2 aromatic carbocycles. The zero-order chi connectivity index (χ0) is 16.1. The number of ether oxygens (including phenoxy) is 1. The molecule has 0 heterocycles. The van der Waals surface area contributed by atoms with Crippen molar-refractivity contribution in [2.45, 2.75) is 6.92 Å². The summed E-state index contributed by atoms with van der Waals surface area (Å²) in [5.41, 5.74) is 4.49. The molecule has 0 spiro atoms. The van der Waals surface area contributed by atoms with Crippen molar-refractivity contribution in [1.82, 2.24) is 0 Å². The second-order valence-corrected chi connectivity index (χ2v) is 4.50. The lowest BCUT2D eigenvalue weighted by Gasteiger charge is -2.07. The first-order valence-electron chi connectivity index (χ1n) is 6.43. The van der Waals surface area contributed by atoms with Crippen molar-refractivity contribution < 1.29 is 14.8 Å². The molecule has 0 unspecified atom stereocenters. The number of rotatable bonds is 5. The molecular formula is C15H15N3O4. The number of hydrogen-bond donors (Lipinski definition) is 2. The van der Waals surface area contributed by atoms with Gasteiger partial charge in [0, 0.05) is 17.7 Å². The number of anilines is 1. The fraction of sp³-hybridized carbons (Fsp3) is 0.133. The molecule has 2 N–H and O–H groups in total. The summed E-state index contributed by atoms with van der Waals surface area (Å²) in [6, 6.07) is 10.7. The molecule has 0 saturated heterocycles. The molecule has 0 aliphatic heterocycles. The molecule has 0 radical (unpaired) electrons. The quantitative estimate of drug-likeness (QED) is 0.502. The van der Waals surface area contributed by atoms with Crippen LogP contribution in [0.2, 0.25) is 0 Å². The van der Waals surface area contributed by atoms with Crippen LogP contribution >= 0.6 is 0 Å². The van der Waals surface area contributed by atoms with Gasteiger partial charge in [0.25, 0.3) is 5.69 Å². The number of benzene rings is 2. The van der Waals surface area contributed by atoms with Crippen molar-refractivity contribution in [2.75, 3.05) is 12.5 Å². The van der Waals surface area contributed by atoms with Gasteiger partial charge in [0.2, 0.25) is 0 Å². The molecule has 22 heavy (non-hydrogen) atoms. The highest BCUT2D eigenvalue weighted by atomic mass is 16.6. The lowest BCUT2D eigenvalue weighted by Crippen LogP contribution is -2.01. The molecule has 0 saturated carbocycles. The fourth-order valence-electron chi connectivity index (χ4n) is 1.80. The smallest absolute Gasteiger partial charge is 0.269 e. The summed E-state index contributed by atoms with van der Waals surface area (Å²) in [6.45, 7) is 1.73. The van der Waals surface area contributed by atoms with E-state index in [2.05, 4.69) is 10.5 Å². The summed E-state index contributed by atoms with van der Waals surface area (Å²) < 4.78 is 5.11. The number of phenolic OH excluding ortho intramolecular Hbond substituents is 1. The molecule has 0 aliphatic rings. The van der Waals surface area contributed by atoms with Crippen LogP contribution in [0.1, 0.15) is 12.5 Å². The van der Waals surface area contributed by atoms with E-state index >= 15 is 0 Å². The number of nitrogens with zero attached hydrogens (tertiary/aromatic N) is 2. The van der Waals surface area contributed by atoms with Gasteiger partial charge in [0.1, 0.15) is 11.5 Å². The monoisotopic (exact) mass is 301 g/mol. The van der Waals surface area contributed by atoms with Gasteiger partial charge in [-0.3, -0.25) is 15.5 Å². The summed E-state index contributed by atoms with van der Waals surface area (Å²) in [5, 5.41) is 24.6. The molecule has 0 fully saturated rings. The Morgan fingerprint density at radius 3 is 2.55 bits per heavy atom. The van der Waals surface area contributed by atoms with E-state index in [4.69, 9.17) is 4.74 Å². The molecule has 7 nitrogen and oxygen atoms in total. The minimum atomic E-state index is -0.466. The molecule has 0 bridgehead atoms. The van der Waals surface area contributed by atoms with Crippen LogP contribution in [0.4, 0.5) is 11.4 Å². The SMILES string of the molecule is COc1ccc(O)c(/C(C)=N/Nc2ccc([N+](=O)[O-])cc2)c1. The van der Waals surface area contributed by atoms with Crippen molar-refractivity contribution in [3.63, 3.8) is 0 Å². The average Bonchev–Trinajstić information content (AvgIpc) is 2.53. The number of methoxy groups -OCH3 is 1. The van der Waals surface area contributed by atoms with Crippen LogP contribution in [0.3, 0.4) is 0 Å². The van der Waals surface area contributed by atoms with E-state index in [0.29, 0.717) is 22.7 Å². The number of nitro groups is 1. The van der Waals surface area contributed by atoms with Crippen LogP contribution in [0.5, 0.6) is 11.5 Å². The van der Waals surface area contributed by atoms with Gasteiger partial charge < -0.3 is 9.84 Å². The van der Waals surface area contributed by atoms with E-state index in [-0.39, 0.29) is 11.4 Å². The molecule has 7 heteroatoms. The van der Waals surface area contributed by atoms with Gasteiger partial charge in [-0.25, -0.2) is 0 Å². The normalized spacial score (nSPS) is 11.1. The molecule has 114 valence electrons. The number of nitro benzene ring substituents is 1. The van der Waals surface area contributed by atoms with Gasteiger partial charge in [-0.15, -0.1) is 0 Å². The Morgan fingerprint density at radius 1 is 1.27 bits per heavy atom. The van der Waals surface area contributed by atoms with Crippen LogP contribution in [-0.2, 0) is 0 Å². The number of aromatic hydroxyl groups is 1. The predicted molar refractivity (Wildman–Crippen MR) is 83.6 cm³/mol. The van der Waals surface area contributed by atoms with E-state index in [9.17, 15) is 15.2 Å². The number of phenols is 1. The molecule has 0 aliphatic carbocycles. The van der Waals surface area contributed by atoms with Crippen molar-refractivity contribution >= 4 is 17.1 Å². The molecule has 2 rings (SSSR count). The molecule has 0 amide bonds. The van der Waals surface area contributed by atoms with E-state index in [1.807, 2.05) is 0 Å². The maximum atomic E-state index is 10.6. The summed E-state index contributed by atoms with van der Waals surface area (Å²) >= 11 is 0. The first-order valence-corrected chi connectivity index (χ1v) is 6.43. The highest BCUT2D eigenvalue weighted by Gasteiger charge is 2.07. The van der Waals surface area contributed by atoms with Crippen LogP contribution < -0.4 is 10.2 Å². The Labute approximate surface area is 127 Å². The lowest BCUT2D eigenvalue weighted by molar-refractivity contribution is -0.384. The highest BCUT2D eigenvalue weighted by molar-refractivity contribution is 6.01. The fourth-order valence-corrected chi connectivity index (χ4v) is 1.80. The zero-order valence-corrected chi connectivity index (χ0v) is 12.1. The molecular weight excluding hydrogens is 286 g/mol. The van der Waals surface area contributed by atoms with Gasteiger partial charge in [0.15, 0.2) is 0 Å². The number of hydrogen-bond acceptors (Lipinski definition) is 6. The van der Waals surface area contributed by atoms with Crippen LogP contribution in [-0.4, -0.2) is 22.9 Å². The minimum absolute atomic E-state index is 0.0108. The van der Waals surface area contributed by atoms with Gasteiger partial charge in [-0.1, -0.05) is 0 Å². The van der Waals surface area contributed by atoms with Gasteiger partial charge >= 0.3 is 0 Å². The summed E-state index contributed by atoms with van der Waals surface area (Å²) in [4.78, 5) is 10.1. The molecule has 0 atom stereocenters. The highest BCUT2D eigenvalue weighted by Crippen LogP contribution is 2.23. The first-order chi connectivity index (χ1) is 10.5. The Balaban J connectivity index is 2.17. The number of non-ortho nitro benzene ring substituents is 1. The third-order valence-corrected chi connectivity index (χ3v) is 3.02. The van der Waals surface area contributed by atoms with Gasteiger partial charge in [-0.05, 0) is 37.3 Å². The predicted octanol–water partition coefficient (Wildman–Crippen LogP) is 3.15. The zero-order valence-electron chi connectivity index (χ0n) is 12.1. The molecule has 0 aromatic heterocycles. The van der Waals surface area contributed by atoms with Crippen molar-refractivity contribution in [1.29, 1.82) is 0 Å². The van der Waals surface area contributed by atoms with Crippen LogP contribution in [0.15, 0.2) is 47.6 Å². The Kier molecular flexibility index (Phi) is 4.57. The third kappa shape index (κ3) is 3.51. The molecule has 2 aromatic rings. The van der Waals surface area contributed by atoms with Gasteiger partial charge in [-0.2, -0.15) is 5.10 Å². The topological polar surface area (TPSA) is 97.0 Å². The summed E-state index contributed by atoms with van der Waals surface area (Å²) in [5.74, 6) is 0.699. The number of nitrogens with one attached hydrogen (secondary N) is 1. The second kappa shape index (κ2) is 6.57. The number of hydrazone groups is 1. The third-order valence-electron chi connectivity index (χ3n) is 3.02. The van der Waals surface area contributed by atoms with Crippen molar-refractivity contribution in [2.24, 2.45) is 5.10 Å². The maximum Gasteiger partial charge on any atom is 0.269 e. The standard InChI is InChI=1S/C15H15N3O4/c1-10(14-9-13(22-2)7-8-15(14)19)16-17-11-3-5-12(6-4-11)18(20)21/h3-9,17,19H,1-2H3/b16-10+. The Morgan fingerprint density at radius 2 is 1.95 bits per heavy atom. The Hall–Kier alpha value is -3.09. The average molecular weight is 301 g/mol. The van der Waals surface area contributed by atoms with E-state index in [1.165, 1.54) is 25.3 Å².